The molecule has 0 aliphatic carbocycles. The summed E-state index contributed by atoms with van der Waals surface area (Å²) in [5.74, 6) is 1.39. The summed E-state index contributed by atoms with van der Waals surface area (Å²) in [5.41, 5.74) is 1.02. The van der Waals surface area contributed by atoms with Gasteiger partial charge in [-0.2, -0.15) is 0 Å². The van der Waals surface area contributed by atoms with Gasteiger partial charge in [-0.15, -0.1) is 0 Å². The Morgan fingerprint density at radius 3 is 2.39 bits per heavy atom. The molecule has 3 rings (SSSR count). The highest BCUT2D eigenvalue weighted by atomic mass is 16.6. The molecule has 1 heterocycles. The number of rotatable bonds is 9. The largest absolute Gasteiger partial charge is 0.493 e. The fourth-order valence-corrected chi connectivity index (χ4v) is 2.93. The van der Waals surface area contributed by atoms with Gasteiger partial charge in [0.05, 0.1) is 26.9 Å². The van der Waals surface area contributed by atoms with Crippen molar-refractivity contribution >= 4 is 17.8 Å². The van der Waals surface area contributed by atoms with E-state index < -0.39 is 5.97 Å². The van der Waals surface area contributed by atoms with Gasteiger partial charge >= 0.3 is 5.97 Å². The van der Waals surface area contributed by atoms with E-state index in [0.29, 0.717) is 39.9 Å². The van der Waals surface area contributed by atoms with E-state index in [1.54, 1.807) is 36.4 Å². The number of Topliss-reactive ketones (excluding diaryl/α,β-unsaturated/α-hetero) is 1. The second-order valence-corrected chi connectivity index (χ2v) is 6.32. The third-order valence-corrected chi connectivity index (χ3v) is 4.35. The lowest BCUT2D eigenvalue weighted by Crippen LogP contribution is -2.14. The summed E-state index contributed by atoms with van der Waals surface area (Å²) in [4.78, 5) is 24.3. The monoisotopic (exact) mass is 426 g/mol. The van der Waals surface area contributed by atoms with Crippen LogP contribution in [0.15, 0.2) is 48.7 Å². The van der Waals surface area contributed by atoms with E-state index in [-0.39, 0.29) is 24.8 Å². The molecule has 0 fully saturated rings. The van der Waals surface area contributed by atoms with Crippen LogP contribution >= 0.6 is 0 Å². The van der Waals surface area contributed by atoms with Gasteiger partial charge in [0.2, 0.25) is 11.5 Å². The van der Waals surface area contributed by atoms with E-state index in [9.17, 15) is 9.59 Å². The topological polar surface area (TPSA) is 89.5 Å². The van der Waals surface area contributed by atoms with E-state index in [2.05, 4.69) is 6.58 Å². The van der Waals surface area contributed by atoms with Crippen molar-refractivity contribution in [2.75, 3.05) is 34.5 Å². The first-order valence-corrected chi connectivity index (χ1v) is 9.28. The molecular weight excluding hydrogens is 404 g/mol. The fraction of sp³-hybridized carbons (Fsp3) is 0.217. The molecule has 0 aromatic heterocycles. The summed E-state index contributed by atoms with van der Waals surface area (Å²) in [7, 11) is 4.53. The lowest BCUT2D eigenvalue weighted by Gasteiger charge is -2.13. The average Bonchev–Trinajstić information content (AvgIpc) is 3.09. The Balaban J connectivity index is 1.80. The Hall–Kier alpha value is -3.94. The number of hydrogen-bond donors (Lipinski definition) is 0. The average molecular weight is 426 g/mol. The van der Waals surface area contributed by atoms with Crippen LogP contribution in [0, 0.1) is 0 Å². The van der Waals surface area contributed by atoms with Crippen LogP contribution in [0.1, 0.15) is 15.9 Å². The molecule has 1 aliphatic rings. The number of ether oxygens (including phenoxy) is 6. The lowest BCUT2D eigenvalue weighted by atomic mass is 10.1. The first kappa shape index (κ1) is 21.8. The Bertz CT molecular complexity index is 1010. The van der Waals surface area contributed by atoms with Crippen molar-refractivity contribution in [3.8, 4) is 28.7 Å². The number of esters is 1. The van der Waals surface area contributed by atoms with Crippen LogP contribution in [-0.2, 0) is 9.53 Å². The van der Waals surface area contributed by atoms with Crippen LogP contribution in [-0.4, -0.2) is 46.3 Å². The van der Waals surface area contributed by atoms with Gasteiger partial charge in [0.25, 0.3) is 0 Å². The van der Waals surface area contributed by atoms with Crippen LogP contribution in [0.5, 0.6) is 28.7 Å². The van der Waals surface area contributed by atoms with Gasteiger partial charge in [0.1, 0.15) is 18.1 Å². The molecule has 8 nitrogen and oxygen atoms in total. The third kappa shape index (κ3) is 4.80. The normalized spacial score (nSPS) is 13.3. The summed E-state index contributed by atoms with van der Waals surface area (Å²) in [6, 6.07) is 8.13. The molecule has 0 amide bonds. The lowest BCUT2D eigenvalue weighted by molar-refractivity contribution is -0.144. The number of benzene rings is 2. The Morgan fingerprint density at radius 1 is 1.06 bits per heavy atom. The first-order valence-electron chi connectivity index (χ1n) is 9.28. The molecule has 0 N–H and O–H groups in total. The zero-order chi connectivity index (χ0) is 22.4. The third-order valence-electron chi connectivity index (χ3n) is 4.35. The van der Waals surface area contributed by atoms with E-state index in [0.717, 1.165) is 0 Å². The number of carbonyl (C=O) groups excluding carboxylic acids is 2. The summed E-state index contributed by atoms with van der Waals surface area (Å²) < 4.78 is 32.0. The summed E-state index contributed by atoms with van der Waals surface area (Å²) in [5, 5.41) is 0. The van der Waals surface area contributed by atoms with Crippen LogP contribution in [0.25, 0.3) is 6.08 Å². The molecule has 0 atom stereocenters. The zero-order valence-electron chi connectivity index (χ0n) is 17.4. The number of ketones is 1. The van der Waals surface area contributed by atoms with Crippen LogP contribution in [0.4, 0.5) is 0 Å². The molecule has 0 unspecified atom stereocenters. The van der Waals surface area contributed by atoms with Crippen LogP contribution in [0.2, 0.25) is 0 Å². The molecule has 0 saturated carbocycles. The maximum absolute atomic E-state index is 12.7. The van der Waals surface area contributed by atoms with Crippen molar-refractivity contribution in [3.05, 3.63) is 59.9 Å². The van der Waals surface area contributed by atoms with Crippen molar-refractivity contribution in [2.45, 2.75) is 0 Å². The minimum Gasteiger partial charge on any atom is -0.493 e. The summed E-state index contributed by atoms with van der Waals surface area (Å²) >= 11 is 0. The number of methoxy groups -OCH3 is 3. The molecule has 0 spiro atoms. The van der Waals surface area contributed by atoms with Crippen molar-refractivity contribution in [1.82, 2.24) is 0 Å². The molecule has 0 radical (unpaired) electrons. The predicted octanol–water partition coefficient (Wildman–Crippen LogP) is 3.44. The van der Waals surface area contributed by atoms with E-state index in [1.807, 2.05) is 0 Å². The number of fused-ring (bicyclic) bond motifs is 1. The van der Waals surface area contributed by atoms with E-state index in [1.165, 1.54) is 27.4 Å². The molecular formula is C23H22O8. The molecule has 8 heteroatoms. The summed E-state index contributed by atoms with van der Waals surface area (Å²) in [6.07, 6.45) is 3.05. The highest BCUT2D eigenvalue weighted by molar-refractivity contribution is 6.14. The molecule has 162 valence electrons. The molecule has 2 aromatic carbocycles. The van der Waals surface area contributed by atoms with Crippen molar-refractivity contribution < 1.29 is 38.0 Å². The van der Waals surface area contributed by atoms with Gasteiger partial charge in [-0.1, -0.05) is 12.7 Å². The minimum absolute atomic E-state index is 0.110. The predicted molar refractivity (Wildman–Crippen MR) is 112 cm³/mol. The Labute approximate surface area is 179 Å². The fourth-order valence-electron chi connectivity index (χ4n) is 2.93. The standard InChI is InChI=1S/C23H22O8/c1-5-8-29-21(24)13-30-15-6-7-16-17(12-15)31-18(22(16)25)9-14-10-19(26-2)23(28-4)20(11-14)27-3/h5-7,9-12H,1,8,13H2,2-4H3. The maximum Gasteiger partial charge on any atom is 0.344 e. The molecule has 31 heavy (non-hydrogen) atoms. The molecule has 0 bridgehead atoms. The van der Waals surface area contributed by atoms with Gasteiger partial charge in [0.15, 0.2) is 23.9 Å². The quantitative estimate of drug-likeness (QED) is 0.342. The number of allylic oxidation sites excluding steroid dienone is 1. The van der Waals surface area contributed by atoms with Crippen molar-refractivity contribution in [2.24, 2.45) is 0 Å². The SMILES string of the molecule is C=CCOC(=O)COc1ccc2c(c1)OC(=Cc1cc(OC)c(OC)c(OC)c1)C2=O. The smallest absolute Gasteiger partial charge is 0.344 e. The molecule has 0 saturated heterocycles. The Kier molecular flexibility index (Phi) is 6.81. The van der Waals surface area contributed by atoms with E-state index in [4.69, 9.17) is 28.4 Å². The van der Waals surface area contributed by atoms with Crippen LogP contribution < -0.4 is 23.7 Å². The van der Waals surface area contributed by atoms with Crippen LogP contribution in [0.3, 0.4) is 0 Å². The van der Waals surface area contributed by atoms with E-state index >= 15 is 0 Å². The number of carbonyl (C=O) groups is 2. The Morgan fingerprint density at radius 2 is 1.77 bits per heavy atom. The zero-order valence-corrected chi connectivity index (χ0v) is 17.4. The highest BCUT2D eigenvalue weighted by Gasteiger charge is 2.28. The maximum atomic E-state index is 12.7. The minimum atomic E-state index is -0.527. The second kappa shape index (κ2) is 9.71. The van der Waals surface area contributed by atoms with Gasteiger partial charge < -0.3 is 28.4 Å². The van der Waals surface area contributed by atoms with Gasteiger partial charge in [-0.25, -0.2) is 4.79 Å². The van der Waals surface area contributed by atoms with Gasteiger partial charge in [-0.05, 0) is 35.9 Å². The van der Waals surface area contributed by atoms with Crippen molar-refractivity contribution in [1.29, 1.82) is 0 Å². The molecule has 2 aromatic rings. The number of hydrogen-bond acceptors (Lipinski definition) is 8. The van der Waals surface area contributed by atoms with Gasteiger partial charge in [-0.3, -0.25) is 4.79 Å². The molecule has 1 aliphatic heterocycles. The summed E-state index contributed by atoms with van der Waals surface area (Å²) in [6.45, 7) is 3.31. The highest BCUT2D eigenvalue weighted by Crippen LogP contribution is 2.40. The van der Waals surface area contributed by atoms with Crippen molar-refractivity contribution in [3.63, 3.8) is 0 Å². The second-order valence-electron chi connectivity index (χ2n) is 6.32. The van der Waals surface area contributed by atoms with Gasteiger partial charge in [0, 0.05) is 6.07 Å². The first-order chi connectivity index (χ1) is 15.0.